The number of aryl methyl sites for hydroxylation is 1. The van der Waals surface area contributed by atoms with Crippen LogP contribution in [0.3, 0.4) is 0 Å². The Morgan fingerprint density at radius 3 is 2.89 bits per heavy atom. The van der Waals surface area contributed by atoms with Crippen molar-refractivity contribution in [3.63, 3.8) is 0 Å². The summed E-state index contributed by atoms with van der Waals surface area (Å²) in [5.74, 6) is 1.68. The molecule has 100 valence electrons. The molecule has 2 rings (SSSR count). The summed E-state index contributed by atoms with van der Waals surface area (Å²) < 4.78 is 1.84. The Bertz CT molecular complexity index is 395. The Balaban J connectivity index is 1.75. The van der Waals surface area contributed by atoms with Crippen molar-refractivity contribution in [1.29, 1.82) is 0 Å². The first kappa shape index (κ1) is 13.1. The first-order valence-electron chi connectivity index (χ1n) is 6.80. The fourth-order valence-electron chi connectivity index (χ4n) is 2.70. The van der Waals surface area contributed by atoms with Gasteiger partial charge in [-0.1, -0.05) is 25.7 Å². The average Bonchev–Trinajstić information content (AvgIpc) is 2.97. The summed E-state index contributed by atoms with van der Waals surface area (Å²) in [7, 11) is 1.89. The van der Waals surface area contributed by atoms with E-state index in [1.165, 1.54) is 25.7 Å². The minimum absolute atomic E-state index is 0.0754. The number of carbonyl (C=O) groups is 1. The van der Waals surface area contributed by atoms with Crippen molar-refractivity contribution < 1.29 is 4.79 Å². The van der Waals surface area contributed by atoms with Gasteiger partial charge in [-0.25, -0.2) is 0 Å². The molecule has 1 aromatic heterocycles. The molecular weight excluding hydrogens is 228 g/mol. The summed E-state index contributed by atoms with van der Waals surface area (Å²) in [6.45, 7) is 1.94. The summed E-state index contributed by atoms with van der Waals surface area (Å²) in [6.07, 6.45) is 8.57. The molecule has 0 saturated heterocycles. The van der Waals surface area contributed by atoms with Gasteiger partial charge in [0.25, 0.3) is 0 Å². The van der Waals surface area contributed by atoms with Crippen molar-refractivity contribution in [2.45, 2.75) is 51.5 Å². The molecule has 1 fully saturated rings. The molecule has 18 heavy (non-hydrogen) atoms. The second-order valence-corrected chi connectivity index (χ2v) is 5.28. The number of nitrogens with zero attached hydrogens (tertiary/aromatic N) is 3. The van der Waals surface area contributed by atoms with Crippen molar-refractivity contribution in [3.8, 4) is 0 Å². The summed E-state index contributed by atoms with van der Waals surface area (Å²) >= 11 is 0. The molecule has 0 bridgehead atoms. The van der Waals surface area contributed by atoms with E-state index in [-0.39, 0.29) is 11.9 Å². The van der Waals surface area contributed by atoms with E-state index < -0.39 is 0 Å². The minimum Gasteiger partial charge on any atom is -0.346 e. The van der Waals surface area contributed by atoms with E-state index in [1.54, 1.807) is 6.33 Å². The minimum atomic E-state index is -0.0754. The highest BCUT2D eigenvalue weighted by atomic mass is 16.1. The second kappa shape index (κ2) is 5.98. The third kappa shape index (κ3) is 3.31. The standard InChI is InChI=1S/C13H22N4O/c1-10(13-16-14-9-17(13)2)15-12(18)8-7-11-5-3-4-6-11/h9-11H,3-8H2,1-2H3,(H,15,18)/t10-/m1/s1. The van der Waals surface area contributed by atoms with Crippen molar-refractivity contribution in [1.82, 2.24) is 20.1 Å². The highest BCUT2D eigenvalue weighted by molar-refractivity contribution is 5.76. The molecule has 5 heteroatoms. The normalized spacial score (nSPS) is 17.9. The maximum atomic E-state index is 11.8. The lowest BCUT2D eigenvalue weighted by atomic mass is 10.0. The highest BCUT2D eigenvalue weighted by Crippen LogP contribution is 2.28. The number of hydrogen-bond acceptors (Lipinski definition) is 3. The Labute approximate surface area is 108 Å². The molecule has 1 aromatic rings. The van der Waals surface area contributed by atoms with Crippen LogP contribution in [-0.2, 0) is 11.8 Å². The molecule has 5 nitrogen and oxygen atoms in total. The monoisotopic (exact) mass is 250 g/mol. The molecule has 1 atom stereocenters. The fraction of sp³-hybridized carbons (Fsp3) is 0.769. The van der Waals surface area contributed by atoms with Gasteiger partial charge in [-0.15, -0.1) is 10.2 Å². The lowest BCUT2D eigenvalue weighted by Crippen LogP contribution is -2.28. The first-order chi connectivity index (χ1) is 8.66. The van der Waals surface area contributed by atoms with Gasteiger partial charge in [0.1, 0.15) is 6.33 Å². The summed E-state index contributed by atoms with van der Waals surface area (Å²) in [6, 6.07) is -0.0754. The molecule has 0 aromatic carbocycles. The van der Waals surface area contributed by atoms with Gasteiger partial charge in [0.2, 0.25) is 5.91 Å². The lowest BCUT2D eigenvalue weighted by Gasteiger charge is -2.14. The maximum absolute atomic E-state index is 11.8. The quantitative estimate of drug-likeness (QED) is 0.869. The van der Waals surface area contributed by atoms with Crippen molar-refractivity contribution in [2.24, 2.45) is 13.0 Å². The van der Waals surface area contributed by atoms with E-state index >= 15 is 0 Å². The van der Waals surface area contributed by atoms with Crippen LogP contribution in [0.1, 0.15) is 57.3 Å². The van der Waals surface area contributed by atoms with Gasteiger partial charge in [-0.05, 0) is 19.3 Å². The molecule has 0 aliphatic heterocycles. The predicted molar refractivity (Wildman–Crippen MR) is 68.8 cm³/mol. The van der Waals surface area contributed by atoms with Gasteiger partial charge in [-0.3, -0.25) is 4.79 Å². The second-order valence-electron chi connectivity index (χ2n) is 5.28. The maximum Gasteiger partial charge on any atom is 0.220 e. The van der Waals surface area contributed by atoms with Gasteiger partial charge >= 0.3 is 0 Å². The summed E-state index contributed by atoms with van der Waals surface area (Å²) in [5, 5.41) is 10.8. The number of nitrogens with one attached hydrogen (secondary N) is 1. The smallest absolute Gasteiger partial charge is 0.220 e. The zero-order chi connectivity index (χ0) is 13.0. The Morgan fingerprint density at radius 1 is 1.56 bits per heavy atom. The number of carbonyl (C=O) groups excluding carboxylic acids is 1. The Hall–Kier alpha value is -1.39. The third-order valence-corrected chi connectivity index (χ3v) is 3.77. The van der Waals surface area contributed by atoms with Gasteiger partial charge < -0.3 is 9.88 Å². The fourth-order valence-corrected chi connectivity index (χ4v) is 2.70. The van der Waals surface area contributed by atoms with Gasteiger partial charge in [0.05, 0.1) is 6.04 Å². The third-order valence-electron chi connectivity index (χ3n) is 3.77. The average molecular weight is 250 g/mol. The largest absolute Gasteiger partial charge is 0.346 e. The van der Waals surface area contributed by atoms with Crippen molar-refractivity contribution in [2.75, 3.05) is 0 Å². The molecule has 1 saturated carbocycles. The SMILES string of the molecule is C[C@@H](NC(=O)CCC1CCCC1)c1nncn1C. The van der Waals surface area contributed by atoms with Crippen LogP contribution in [-0.4, -0.2) is 20.7 Å². The number of amides is 1. The van der Waals surface area contributed by atoms with Gasteiger partial charge in [-0.2, -0.15) is 0 Å². The Morgan fingerprint density at radius 2 is 2.28 bits per heavy atom. The van der Waals surface area contributed by atoms with Crippen molar-refractivity contribution in [3.05, 3.63) is 12.2 Å². The summed E-state index contributed by atoms with van der Waals surface area (Å²) in [4.78, 5) is 11.8. The lowest BCUT2D eigenvalue weighted by molar-refractivity contribution is -0.122. The zero-order valence-corrected chi connectivity index (χ0v) is 11.2. The van der Waals surface area contributed by atoms with Crippen LogP contribution in [0.4, 0.5) is 0 Å². The molecule has 1 aliphatic carbocycles. The van der Waals surface area contributed by atoms with E-state index in [4.69, 9.17) is 0 Å². The first-order valence-corrected chi connectivity index (χ1v) is 6.80. The van der Waals surface area contributed by atoms with Crippen LogP contribution in [0.2, 0.25) is 0 Å². The predicted octanol–water partition coefficient (Wildman–Crippen LogP) is 1.96. The molecule has 1 amide bonds. The number of rotatable bonds is 5. The molecular formula is C13H22N4O. The van der Waals surface area contributed by atoms with Crippen molar-refractivity contribution >= 4 is 5.91 Å². The number of aromatic nitrogens is 3. The van der Waals surface area contributed by atoms with Gasteiger partial charge in [0.15, 0.2) is 5.82 Å². The number of hydrogen-bond donors (Lipinski definition) is 1. The molecule has 0 unspecified atom stereocenters. The van der Waals surface area contributed by atoms with E-state index in [1.807, 2.05) is 18.5 Å². The highest BCUT2D eigenvalue weighted by Gasteiger charge is 2.18. The van der Waals surface area contributed by atoms with E-state index in [0.29, 0.717) is 6.42 Å². The molecule has 0 radical (unpaired) electrons. The zero-order valence-electron chi connectivity index (χ0n) is 11.2. The van der Waals surface area contributed by atoms with Crippen LogP contribution < -0.4 is 5.32 Å². The van der Waals surface area contributed by atoms with Crippen LogP contribution >= 0.6 is 0 Å². The van der Waals surface area contributed by atoms with Crippen LogP contribution in [0.15, 0.2) is 6.33 Å². The molecule has 0 spiro atoms. The van der Waals surface area contributed by atoms with E-state index in [9.17, 15) is 4.79 Å². The topological polar surface area (TPSA) is 59.8 Å². The van der Waals surface area contributed by atoms with Gasteiger partial charge in [0, 0.05) is 13.5 Å². The van der Waals surface area contributed by atoms with Crippen LogP contribution in [0.25, 0.3) is 0 Å². The molecule has 1 heterocycles. The van der Waals surface area contributed by atoms with Crippen LogP contribution in [0.5, 0.6) is 0 Å². The van der Waals surface area contributed by atoms with Crippen LogP contribution in [0, 0.1) is 5.92 Å². The Kier molecular flexibility index (Phi) is 4.33. The molecule has 1 aliphatic rings. The summed E-state index contributed by atoms with van der Waals surface area (Å²) in [5.41, 5.74) is 0. The molecule has 1 N–H and O–H groups in total. The van der Waals surface area contributed by atoms with E-state index in [2.05, 4.69) is 15.5 Å². The van der Waals surface area contributed by atoms with E-state index in [0.717, 1.165) is 18.2 Å².